The molecule has 1 aromatic heterocycles. The molecule has 3 rings (SSSR count). The van der Waals surface area contributed by atoms with E-state index in [0.29, 0.717) is 17.1 Å². The molecule has 20 heavy (non-hydrogen) atoms. The molecule has 3 nitrogen and oxygen atoms in total. The number of thiophene rings is 1. The van der Waals surface area contributed by atoms with Gasteiger partial charge in [-0.25, -0.2) is 0 Å². The van der Waals surface area contributed by atoms with Crippen LogP contribution in [-0.4, -0.2) is 23.9 Å². The molecule has 1 aliphatic heterocycles. The molecule has 0 unspecified atom stereocenters. The van der Waals surface area contributed by atoms with Gasteiger partial charge in [-0.15, -0.1) is 11.3 Å². The average molecular weight is 286 g/mol. The molecule has 4 heteroatoms. The molecule has 0 saturated heterocycles. The monoisotopic (exact) mass is 286 g/mol. The maximum Gasteiger partial charge on any atom is 0.266 e. The van der Waals surface area contributed by atoms with Gasteiger partial charge in [-0.1, -0.05) is 23.3 Å². The molecule has 0 atom stereocenters. The SMILES string of the molecule is CC1=CCCN(C(=O)c2sc3ccc(C)cc3c2N)C1. The number of nitrogens with zero attached hydrogens (tertiary/aromatic N) is 1. The van der Waals surface area contributed by atoms with Crippen molar-refractivity contribution in [2.45, 2.75) is 20.3 Å². The molecule has 2 aromatic rings. The van der Waals surface area contributed by atoms with Crippen molar-refractivity contribution in [1.29, 1.82) is 0 Å². The standard InChI is InChI=1S/C16H18N2OS/c1-10-5-6-13-12(8-10)14(17)15(20-13)16(19)18-7-3-4-11(2)9-18/h4-6,8H,3,7,9,17H2,1-2H3. The second-order valence-corrected chi connectivity index (χ2v) is 6.46. The third-order valence-electron chi connectivity index (χ3n) is 3.70. The van der Waals surface area contributed by atoms with Crippen LogP contribution in [0.15, 0.2) is 29.8 Å². The zero-order valence-corrected chi connectivity index (χ0v) is 12.6. The molecule has 104 valence electrons. The summed E-state index contributed by atoms with van der Waals surface area (Å²) in [6, 6.07) is 6.16. The predicted octanol–water partition coefficient (Wildman–Crippen LogP) is 3.58. The molecule has 1 amide bonds. The molecular weight excluding hydrogens is 268 g/mol. The van der Waals surface area contributed by atoms with Crippen LogP contribution in [0.3, 0.4) is 0 Å². The number of fused-ring (bicyclic) bond motifs is 1. The molecule has 2 heterocycles. The highest BCUT2D eigenvalue weighted by Gasteiger charge is 2.23. The summed E-state index contributed by atoms with van der Waals surface area (Å²) in [6.07, 6.45) is 3.13. The Bertz CT molecular complexity index is 715. The van der Waals surface area contributed by atoms with Crippen LogP contribution in [0.1, 0.15) is 28.6 Å². The summed E-state index contributed by atoms with van der Waals surface area (Å²) in [6.45, 7) is 5.60. The van der Waals surface area contributed by atoms with Gasteiger partial charge in [0.25, 0.3) is 5.91 Å². The van der Waals surface area contributed by atoms with Crippen LogP contribution in [0.5, 0.6) is 0 Å². The van der Waals surface area contributed by atoms with Crippen LogP contribution >= 0.6 is 11.3 Å². The Labute approximate surface area is 122 Å². The lowest BCUT2D eigenvalue weighted by atomic mass is 10.1. The number of anilines is 1. The van der Waals surface area contributed by atoms with E-state index in [1.165, 1.54) is 16.9 Å². The Morgan fingerprint density at radius 1 is 1.35 bits per heavy atom. The third kappa shape index (κ3) is 2.20. The summed E-state index contributed by atoms with van der Waals surface area (Å²) < 4.78 is 1.08. The van der Waals surface area contributed by atoms with Gasteiger partial charge in [0.15, 0.2) is 0 Å². The Morgan fingerprint density at radius 2 is 2.15 bits per heavy atom. The van der Waals surface area contributed by atoms with E-state index in [0.717, 1.165) is 28.6 Å². The number of hydrogen-bond donors (Lipinski definition) is 1. The first-order valence-electron chi connectivity index (χ1n) is 6.80. The van der Waals surface area contributed by atoms with Crippen molar-refractivity contribution in [3.8, 4) is 0 Å². The fourth-order valence-electron chi connectivity index (χ4n) is 2.62. The lowest BCUT2D eigenvalue weighted by Gasteiger charge is -2.25. The minimum atomic E-state index is 0.0637. The van der Waals surface area contributed by atoms with Crippen molar-refractivity contribution < 1.29 is 4.79 Å². The largest absolute Gasteiger partial charge is 0.397 e. The Hall–Kier alpha value is -1.81. The molecule has 0 saturated carbocycles. The molecule has 0 bridgehead atoms. The lowest BCUT2D eigenvalue weighted by Crippen LogP contribution is -2.35. The van der Waals surface area contributed by atoms with Crippen LogP contribution in [0.2, 0.25) is 0 Å². The number of rotatable bonds is 1. The summed E-state index contributed by atoms with van der Waals surface area (Å²) >= 11 is 1.50. The van der Waals surface area contributed by atoms with Crippen molar-refractivity contribution in [2.75, 3.05) is 18.8 Å². The van der Waals surface area contributed by atoms with Crippen LogP contribution in [0.4, 0.5) is 5.69 Å². The van der Waals surface area contributed by atoms with Gasteiger partial charge in [0, 0.05) is 23.2 Å². The Morgan fingerprint density at radius 3 is 2.90 bits per heavy atom. The lowest BCUT2D eigenvalue weighted by molar-refractivity contribution is 0.0772. The Balaban J connectivity index is 2.00. The molecule has 1 aromatic carbocycles. The van der Waals surface area contributed by atoms with E-state index in [4.69, 9.17) is 5.73 Å². The number of nitrogen functional groups attached to an aromatic ring is 1. The second kappa shape index (κ2) is 4.94. The molecule has 0 fully saturated rings. The molecular formula is C16H18N2OS. The van der Waals surface area contributed by atoms with Gasteiger partial charge in [-0.05, 0) is 32.4 Å². The van der Waals surface area contributed by atoms with Crippen LogP contribution in [0.25, 0.3) is 10.1 Å². The van der Waals surface area contributed by atoms with Gasteiger partial charge in [0.05, 0.1) is 5.69 Å². The first kappa shape index (κ1) is 13.2. The number of carbonyl (C=O) groups excluding carboxylic acids is 1. The van der Waals surface area contributed by atoms with Gasteiger partial charge in [-0.2, -0.15) is 0 Å². The van der Waals surface area contributed by atoms with E-state index in [9.17, 15) is 4.79 Å². The number of aryl methyl sites for hydroxylation is 1. The average Bonchev–Trinajstić information content (AvgIpc) is 2.75. The van der Waals surface area contributed by atoms with E-state index < -0.39 is 0 Å². The van der Waals surface area contributed by atoms with Crippen molar-refractivity contribution in [3.05, 3.63) is 40.3 Å². The highest BCUT2D eigenvalue weighted by molar-refractivity contribution is 7.21. The number of hydrogen-bond acceptors (Lipinski definition) is 3. The van der Waals surface area contributed by atoms with Crippen LogP contribution in [0, 0.1) is 6.92 Å². The molecule has 1 aliphatic rings. The maximum atomic E-state index is 12.6. The van der Waals surface area contributed by atoms with E-state index >= 15 is 0 Å². The smallest absolute Gasteiger partial charge is 0.266 e. The number of amides is 1. The van der Waals surface area contributed by atoms with E-state index in [1.807, 2.05) is 17.9 Å². The minimum Gasteiger partial charge on any atom is -0.397 e. The summed E-state index contributed by atoms with van der Waals surface area (Å²) in [4.78, 5) is 15.2. The normalized spacial score (nSPS) is 15.5. The van der Waals surface area contributed by atoms with E-state index in [2.05, 4.69) is 25.1 Å². The van der Waals surface area contributed by atoms with Gasteiger partial charge < -0.3 is 10.6 Å². The molecule has 0 spiro atoms. The van der Waals surface area contributed by atoms with Gasteiger partial charge in [-0.3, -0.25) is 4.79 Å². The van der Waals surface area contributed by atoms with Gasteiger partial charge in [0.2, 0.25) is 0 Å². The van der Waals surface area contributed by atoms with E-state index in [1.54, 1.807) is 0 Å². The fraction of sp³-hybridized carbons (Fsp3) is 0.312. The van der Waals surface area contributed by atoms with Crippen molar-refractivity contribution >= 4 is 33.0 Å². The zero-order chi connectivity index (χ0) is 14.3. The minimum absolute atomic E-state index is 0.0637. The van der Waals surface area contributed by atoms with Gasteiger partial charge in [0.1, 0.15) is 4.88 Å². The highest BCUT2D eigenvalue weighted by atomic mass is 32.1. The van der Waals surface area contributed by atoms with Crippen molar-refractivity contribution in [1.82, 2.24) is 4.90 Å². The van der Waals surface area contributed by atoms with Crippen molar-refractivity contribution in [3.63, 3.8) is 0 Å². The van der Waals surface area contributed by atoms with Crippen LogP contribution < -0.4 is 5.73 Å². The number of nitrogens with two attached hydrogens (primary N) is 1. The molecule has 0 aliphatic carbocycles. The van der Waals surface area contributed by atoms with E-state index in [-0.39, 0.29) is 5.91 Å². The van der Waals surface area contributed by atoms with Crippen molar-refractivity contribution in [2.24, 2.45) is 0 Å². The number of benzene rings is 1. The zero-order valence-electron chi connectivity index (χ0n) is 11.8. The number of carbonyl (C=O) groups is 1. The first-order chi connectivity index (χ1) is 9.56. The topological polar surface area (TPSA) is 46.3 Å². The molecule has 2 N–H and O–H groups in total. The summed E-state index contributed by atoms with van der Waals surface area (Å²) in [5, 5.41) is 1.00. The summed E-state index contributed by atoms with van der Waals surface area (Å²) in [5.41, 5.74) is 9.24. The fourth-order valence-corrected chi connectivity index (χ4v) is 3.69. The molecule has 0 radical (unpaired) electrons. The maximum absolute atomic E-state index is 12.6. The predicted molar refractivity (Wildman–Crippen MR) is 85.3 cm³/mol. The second-order valence-electron chi connectivity index (χ2n) is 5.41. The summed E-state index contributed by atoms with van der Waals surface area (Å²) in [7, 11) is 0. The van der Waals surface area contributed by atoms with Crippen LogP contribution in [-0.2, 0) is 0 Å². The summed E-state index contributed by atoms with van der Waals surface area (Å²) in [5.74, 6) is 0.0637. The first-order valence-corrected chi connectivity index (χ1v) is 7.61. The Kier molecular flexibility index (Phi) is 3.26. The highest BCUT2D eigenvalue weighted by Crippen LogP contribution is 2.35. The third-order valence-corrected chi connectivity index (χ3v) is 4.87. The van der Waals surface area contributed by atoms with Gasteiger partial charge >= 0.3 is 0 Å². The quantitative estimate of drug-likeness (QED) is 0.814.